The smallest absolute Gasteiger partial charge is 0.227 e. The first-order valence-electron chi connectivity index (χ1n) is 8.33. The molecule has 0 unspecified atom stereocenters. The van der Waals surface area contributed by atoms with E-state index in [1.54, 1.807) is 12.3 Å². The van der Waals surface area contributed by atoms with Crippen molar-refractivity contribution in [2.24, 2.45) is 0 Å². The van der Waals surface area contributed by atoms with E-state index in [0.29, 0.717) is 23.7 Å². The number of rotatable bonds is 7. The molecule has 0 aliphatic carbocycles. The quantitative estimate of drug-likeness (QED) is 0.804. The highest BCUT2D eigenvalue weighted by Gasteiger charge is 2.14. The van der Waals surface area contributed by atoms with E-state index in [-0.39, 0.29) is 12.3 Å². The Morgan fingerprint density at radius 3 is 2.64 bits per heavy atom. The summed E-state index contributed by atoms with van der Waals surface area (Å²) < 4.78 is 0. The van der Waals surface area contributed by atoms with Gasteiger partial charge in [0.2, 0.25) is 5.91 Å². The summed E-state index contributed by atoms with van der Waals surface area (Å²) in [4.78, 5) is 16.1. The van der Waals surface area contributed by atoms with E-state index in [2.05, 4.69) is 31.9 Å². The number of hydrogen-bond acceptors (Lipinski definition) is 6. The molecule has 7 nitrogen and oxygen atoms in total. The zero-order valence-corrected chi connectivity index (χ0v) is 14.8. The van der Waals surface area contributed by atoms with Gasteiger partial charge in [0, 0.05) is 19.2 Å². The zero-order valence-electron chi connectivity index (χ0n) is 14.8. The minimum Gasteiger partial charge on any atom is -0.367 e. The Kier molecular flexibility index (Phi) is 6.40. The van der Waals surface area contributed by atoms with Gasteiger partial charge in [-0.05, 0) is 37.0 Å². The molecular formula is C18H22N6O. The van der Waals surface area contributed by atoms with E-state index in [1.165, 1.54) is 0 Å². The lowest BCUT2D eigenvalue weighted by Gasteiger charge is -2.12. The van der Waals surface area contributed by atoms with Gasteiger partial charge in [-0.25, -0.2) is 4.98 Å². The third kappa shape index (κ3) is 4.73. The first-order valence-corrected chi connectivity index (χ1v) is 8.33. The van der Waals surface area contributed by atoms with Crippen molar-refractivity contribution in [2.75, 3.05) is 17.2 Å². The molecule has 130 valence electrons. The van der Waals surface area contributed by atoms with Gasteiger partial charge in [-0.3, -0.25) is 4.79 Å². The summed E-state index contributed by atoms with van der Waals surface area (Å²) in [6.07, 6.45) is 3.39. The van der Waals surface area contributed by atoms with Crippen LogP contribution in [0.1, 0.15) is 42.7 Å². The highest BCUT2D eigenvalue weighted by molar-refractivity contribution is 5.90. The van der Waals surface area contributed by atoms with E-state index in [9.17, 15) is 10.1 Å². The first kappa shape index (κ1) is 18.3. The van der Waals surface area contributed by atoms with Crippen LogP contribution in [0.25, 0.3) is 0 Å². The highest BCUT2D eigenvalue weighted by atomic mass is 16.1. The number of amides is 1. The van der Waals surface area contributed by atoms with Gasteiger partial charge in [-0.1, -0.05) is 19.9 Å². The fourth-order valence-corrected chi connectivity index (χ4v) is 2.46. The molecule has 2 aromatic heterocycles. The van der Waals surface area contributed by atoms with Gasteiger partial charge in [0.15, 0.2) is 5.82 Å². The molecule has 0 radical (unpaired) electrons. The van der Waals surface area contributed by atoms with E-state index < -0.39 is 0 Å². The lowest BCUT2D eigenvalue weighted by Crippen LogP contribution is -2.18. The molecular weight excluding hydrogens is 316 g/mol. The zero-order chi connectivity index (χ0) is 18.2. The van der Waals surface area contributed by atoms with Gasteiger partial charge in [-0.15, -0.1) is 5.10 Å². The number of nitrogens with one attached hydrogen (secondary N) is 2. The molecule has 0 aromatic carbocycles. The monoisotopic (exact) mass is 338 g/mol. The molecule has 0 bridgehead atoms. The Labute approximate surface area is 147 Å². The van der Waals surface area contributed by atoms with Crippen LogP contribution in [0.3, 0.4) is 0 Å². The summed E-state index contributed by atoms with van der Waals surface area (Å²) >= 11 is 0. The van der Waals surface area contributed by atoms with Crippen molar-refractivity contribution in [2.45, 2.75) is 40.0 Å². The van der Waals surface area contributed by atoms with Gasteiger partial charge in [0.05, 0.1) is 5.69 Å². The average molecular weight is 338 g/mol. The summed E-state index contributed by atoms with van der Waals surface area (Å²) in [6, 6.07) is 5.84. The maximum Gasteiger partial charge on any atom is 0.227 e. The molecule has 25 heavy (non-hydrogen) atoms. The van der Waals surface area contributed by atoms with Crippen molar-refractivity contribution < 1.29 is 4.79 Å². The summed E-state index contributed by atoms with van der Waals surface area (Å²) in [5.41, 5.74) is 3.29. The Morgan fingerprint density at radius 2 is 2.04 bits per heavy atom. The highest BCUT2D eigenvalue weighted by Crippen LogP contribution is 2.19. The fraction of sp³-hybridized carbons (Fsp3) is 0.389. The second-order valence-electron chi connectivity index (χ2n) is 5.61. The Bertz CT molecular complexity index is 779. The predicted molar refractivity (Wildman–Crippen MR) is 96.2 cm³/mol. The standard InChI is InChI=1S/C18H22N6O/c1-4-13-14(10-19)18(24-23-15(13)5-2)20-9-8-17(25)22-16-7-6-12(3)11-21-16/h6-7,11H,4-5,8-9H2,1-3H3,(H,20,24)(H,21,22,25). The lowest BCUT2D eigenvalue weighted by molar-refractivity contribution is -0.116. The molecule has 2 aromatic rings. The first-order chi connectivity index (χ1) is 12.1. The van der Waals surface area contributed by atoms with Crippen molar-refractivity contribution in [1.82, 2.24) is 15.2 Å². The maximum absolute atomic E-state index is 12.0. The van der Waals surface area contributed by atoms with Gasteiger partial charge >= 0.3 is 0 Å². The number of hydrogen-bond donors (Lipinski definition) is 2. The predicted octanol–water partition coefficient (Wildman–Crippen LogP) is 2.62. The van der Waals surface area contributed by atoms with E-state index in [0.717, 1.165) is 29.7 Å². The van der Waals surface area contributed by atoms with Crippen molar-refractivity contribution in [3.05, 3.63) is 40.7 Å². The summed E-state index contributed by atoms with van der Waals surface area (Å²) in [5, 5.41) is 23.5. The molecule has 0 saturated carbocycles. The number of nitrogens with zero attached hydrogens (tertiary/aromatic N) is 4. The number of carbonyl (C=O) groups excluding carboxylic acids is 1. The largest absolute Gasteiger partial charge is 0.367 e. The molecule has 2 rings (SSSR count). The van der Waals surface area contributed by atoms with Gasteiger partial charge < -0.3 is 10.6 Å². The summed E-state index contributed by atoms with van der Waals surface area (Å²) in [7, 11) is 0. The molecule has 1 amide bonds. The van der Waals surface area contributed by atoms with Gasteiger partial charge in [0.25, 0.3) is 0 Å². The van der Waals surface area contributed by atoms with Crippen molar-refractivity contribution >= 4 is 17.5 Å². The molecule has 2 N–H and O–H groups in total. The summed E-state index contributed by atoms with van der Waals surface area (Å²) in [6.45, 7) is 6.27. The van der Waals surface area contributed by atoms with Crippen LogP contribution in [-0.2, 0) is 17.6 Å². The molecule has 0 aliphatic heterocycles. The number of pyridine rings is 1. The minimum atomic E-state index is -0.156. The van der Waals surface area contributed by atoms with Gasteiger partial charge in [-0.2, -0.15) is 10.4 Å². The Morgan fingerprint density at radius 1 is 1.24 bits per heavy atom. The normalized spacial score (nSPS) is 10.2. The van der Waals surface area contributed by atoms with Crippen LogP contribution < -0.4 is 10.6 Å². The van der Waals surface area contributed by atoms with Crippen molar-refractivity contribution in [3.63, 3.8) is 0 Å². The number of anilines is 2. The Hall–Kier alpha value is -3.01. The molecule has 0 aliphatic rings. The number of nitriles is 1. The molecule has 2 heterocycles. The number of aryl methyl sites for hydroxylation is 2. The van der Waals surface area contributed by atoms with Crippen LogP contribution in [0.15, 0.2) is 18.3 Å². The molecule has 0 atom stereocenters. The molecule has 7 heteroatoms. The van der Waals surface area contributed by atoms with Crippen LogP contribution in [0, 0.1) is 18.3 Å². The molecule has 0 spiro atoms. The second-order valence-corrected chi connectivity index (χ2v) is 5.61. The van der Waals surface area contributed by atoms with Crippen molar-refractivity contribution in [3.8, 4) is 6.07 Å². The second kappa shape index (κ2) is 8.73. The van der Waals surface area contributed by atoms with E-state index in [1.807, 2.05) is 26.8 Å². The number of carbonyl (C=O) groups is 1. The van der Waals surface area contributed by atoms with E-state index in [4.69, 9.17) is 0 Å². The lowest BCUT2D eigenvalue weighted by atomic mass is 10.0. The van der Waals surface area contributed by atoms with Gasteiger partial charge in [0.1, 0.15) is 17.5 Å². The van der Waals surface area contributed by atoms with Crippen molar-refractivity contribution in [1.29, 1.82) is 5.26 Å². The summed E-state index contributed by atoms with van der Waals surface area (Å²) in [5.74, 6) is 0.794. The topological polar surface area (TPSA) is 104 Å². The molecule has 0 fully saturated rings. The maximum atomic E-state index is 12.0. The van der Waals surface area contributed by atoms with Crippen LogP contribution in [0.5, 0.6) is 0 Å². The van der Waals surface area contributed by atoms with Crippen LogP contribution >= 0.6 is 0 Å². The van der Waals surface area contributed by atoms with Crippen LogP contribution in [-0.4, -0.2) is 27.6 Å². The number of aromatic nitrogens is 3. The minimum absolute atomic E-state index is 0.156. The SMILES string of the molecule is CCc1nnc(NCCC(=O)Nc2ccc(C)cn2)c(C#N)c1CC. The van der Waals surface area contributed by atoms with E-state index >= 15 is 0 Å². The Balaban J connectivity index is 1.96. The third-order valence-corrected chi connectivity index (χ3v) is 3.78. The van der Waals surface area contributed by atoms with Crippen LogP contribution in [0.4, 0.5) is 11.6 Å². The third-order valence-electron chi connectivity index (χ3n) is 3.78. The molecule has 0 saturated heterocycles. The van der Waals surface area contributed by atoms with Crippen LogP contribution in [0.2, 0.25) is 0 Å². The average Bonchev–Trinajstić information content (AvgIpc) is 2.62. The fourth-order valence-electron chi connectivity index (χ4n) is 2.46.